The molecule has 10 aromatic rings. The van der Waals surface area contributed by atoms with Crippen molar-refractivity contribution < 1.29 is 4.42 Å². The Kier molecular flexibility index (Phi) is 8.44. The lowest BCUT2D eigenvalue weighted by Gasteiger charge is -2.37. The second-order valence-electron chi connectivity index (χ2n) is 22.1. The van der Waals surface area contributed by atoms with Gasteiger partial charge >= 0.3 is 0 Å². The van der Waals surface area contributed by atoms with E-state index >= 15 is 0 Å². The summed E-state index contributed by atoms with van der Waals surface area (Å²) in [5.41, 5.74) is 25.3. The van der Waals surface area contributed by atoms with Crippen molar-refractivity contribution in [2.24, 2.45) is 0 Å². The summed E-state index contributed by atoms with van der Waals surface area (Å²) in [5.74, 6) is 0. The van der Waals surface area contributed by atoms with Gasteiger partial charge in [-0.15, -0.1) is 0 Å². The molecule has 3 aliphatic carbocycles. The second kappa shape index (κ2) is 14.1. The maximum atomic E-state index is 6.58. The van der Waals surface area contributed by atoms with E-state index in [2.05, 4.69) is 242 Å². The average molecular weight is 878 g/mol. The van der Waals surface area contributed by atoms with Gasteiger partial charge in [0.05, 0.1) is 11.1 Å². The Hall–Kier alpha value is -7.42. The Bertz CT molecular complexity index is 3670. The number of fused-ring (bicyclic) bond motifs is 16. The fraction of sp³-hybridized carbons (Fsp3) is 0.182. The van der Waals surface area contributed by atoms with Crippen LogP contribution in [0.15, 0.2) is 192 Å². The molecule has 1 spiro atoms. The Morgan fingerprint density at radius 3 is 1.60 bits per heavy atom. The Morgan fingerprint density at radius 1 is 0.397 bits per heavy atom. The fourth-order valence-electron chi connectivity index (χ4n) is 12.4. The van der Waals surface area contributed by atoms with Crippen LogP contribution in [0, 0.1) is 0 Å². The molecular formula is C66H55NO. The normalized spacial score (nSPS) is 14.7. The van der Waals surface area contributed by atoms with E-state index in [1.54, 1.807) is 0 Å². The highest BCUT2D eigenvalue weighted by Crippen LogP contribution is 2.66. The van der Waals surface area contributed by atoms with Gasteiger partial charge in [-0.3, -0.25) is 0 Å². The van der Waals surface area contributed by atoms with Gasteiger partial charge in [0, 0.05) is 38.7 Å². The Morgan fingerprint density at radius 2 is 0.912 bits per heavy atom. The third kappa shape index (κ3) is 5.58. The van der Waals surface area contributed by atoms with Gasteiger partial charge in [0.2, 0.25) is 0 Å². The van der Waals surface area contributed by atoms with E-state index in [-0.39, 0.29) is 16.2 Å². The topological polar surface area (TPSA) is 16.4 Å². The van der Waals surface area contributed by atoms with Gasteiger partial charge in [0.1, 0.15) is 11.2 Å². The molecule has 2 nitrogen and oxygen atoms in total. The van der Waals surface area contributed by atoms with Crippen LogP contribution in [-0.2, 0) is 21.7 Å². The molecule has 0 amide bonds. The van der Waals surface area contributed by atoms with Crippen molar-refractivity contribution in [3.8, 4) is 44.5 Å². The van der Waals surface area contributed by atoms with Crippen LogP contribution in [0.3, 0.4) is 0 Å². The summed E-state index contributed by atoms with van der Waals surface area (Å²) >= 11 is 0. The van der Waals surface area contributed by atoms with Gasteiger partial charge < -0.3 is 9.32 Å². The minimum atomic E-state index is -0.586. The number of hydrogen-bond donors (Lipinski definition) is 0. The summed E-state index contributed by atoms with van der Waals surface area (Å²) in [6.07, 6.45) is 0. The highest BCUT2D eigenvalue weighted by Gasteiger charge is 2.54. The predicted molar refractivity (Wildman–Crippen MR) is 285 cm³/mol. The zero-order valence-corrected chi connectivity index (χ0v) is 40.3. The van der Waals surface area contributed by atoms with E-state index in [0.29, 0.717) is 0 Å². The van der Waals surface area contributed by atoms with Crippen molar-refractivity contribution in [2.75, 3.05) is 4.90 Å². The zero-order chi connectivity index (χ0) is 46.5. The molecular weight excluding hydrogens is 823 g/mol. The van der Waals surface area contributed by atoms with E-state index in [1.807, 2.05) is 6.07 Å². The molecule has 13 rings (SSSR count). The van der Waals surface area contributed by atoms with E-state index in [0.717, 1.165) is 44.4 Å². The quantitative estimate of drug-likeness (QED) is 0.175. The van der Waals surface area contributed by atoms with Gasteiger partial charge in [-0.05, 0) is 125 Å². The first-order valence-corrected chi connectivity index (χ1v) is 24.3. The van der Waals surface area contributed by atoms with Gasteiger partial charge in [-0.2, -0.15) is 0 Å². The van der Waals surface area contributed by atoms with Crippen LogP contribution in [0.25, 0.3) is 66.4 Å². The second-order valence-corrected chi connectivity index (χ2v) is 22.1. The third-order valence-corrected chi connectivity index (χ3v) is 15.8. The maximum absolute atomic E-state index is 6.58. The molecule has 330 valence electrons. The SMILES string of the molecule is CC(C)(C)c1ccc2c(c1)C1(c3cc(C(C)(C)C)ccc3-2)c2ccccc2-c2cccc(N(c3ccc(-c4cccc5c4oc4ccccc45)cc3)c3ccc4c(c3)C(C)(C)c3ccccc3-4)c21. The molecule has 0 saturated heterocycles. The molecule has 0 saturated carbocycles. The summed E-state index contributed by atoms with van der Waals surface area (Å²) in [6.45, 7) is 18.8. The number of hydrogen-bond acceptors (Lipinski definition) is 2. The van der Waals surface area contributed by atoms with Crippen molar-refractivity contribution in [2.45, 2.75) is 77.0 Å². The number of furan rings is 1. The lowest BCUT2D eigenvalue weighted by atomic mass is 9.68. The minimum absolute atomic E-state index is 0.0443. The van der Waals surface area contributed by atoms with Crippen molar-refractivity contribution in [3.63, 3.8) is 0 Å². The van der Waals surface area contributed by atoms with Crippen molar-refractivity contribution in [1.82, 2.24) is 0 Å². The van der Waals surface area contributed by atoms with Gasteiger partial charge in [0.25, 0.3) is 0 Å². The molecule has 1 aromatic heterocycles. The van der Waals surface area contributed by atoms with Crippen LogP contribution >= 0.6 is 0 Å². The number of para-hydroxylation sites is 2. The van der Waals surface area contributed by atoms with E-state index in [1.165, 1.54) is 83.6 Å². The number of nitrogens with zero attached hydrogens (tertiary/aromatic N) is 1. The van der Waals surface area contributed by atoms with Crippen LogP contribution in [-0.4, -0.2) is 0 Å². The molecule has 1 heterocycles. The third-order valence-electron chi connectivity index (χ3n) is 15.8. The molecule has 3 aliphatic rings. The van der Waals surface area contributed by atoms with Crippen LogP contribution < -0.4 is 4.90 Å². The molecule has 0 N–H and O–H groups in total. The lowest BCUT2D eigenvalue weighted by molar-refractivity contribution is 0.586. The first-order chi connectivity index (χ1) is 32.7. The van der Waals surface area contributed by atoms with E-state index in [9.17, 15) is 0 Å². The summed E-state index contributed by atoms with van der Waals surface area (Å²) in [6, 6.07) is 71.3. The van der Waals surface area contributed by atoms with Crippen LogP contribution in [0.2, 0.25) is 0 Å². The molecule has 0 unspecified atom stereocenters. The standard InChI is InChI=1S/C66H55NO/c1-63(2,3)41-29-34-49-50-35-30-42(64(4,5)6)38-58(50)66(57(49)37-41)55-24-13-10-18-47(55)52-21-16-25-59(61(52)66)67(44-33-36-48-46-17-9-12-23-54(46)65(7,8)56(48)39-44)43-31-27-40(28-32-43)45-20-15-22-53-51-19-11-14-26-60(51)68-62(45)53/h9-39H,1-8H3. The molecule has 2 heteroatoms. The van der Waals surface area contributed by atoms with Crippen molar-refractivity contribution in [3.05, 3.63) is 233 Å². The first-order valence-electron chi connectivity index (χ1n) is 24.3. The van der Waals surface area contributed by atoms with Gasteiger partial charge in [0.15, 0.2) is 0 Å². The summed E-state index contributed by atoms with van der Waals surface area (Å²) in [7, 11) is 0. The number of anilines is 3. The molecule has 0 fully saturated rings. The smallest absolute Gasteiger partial charge is 0.143 e. The van der Waals surface area contributed by atoms with Crippen LogP contribution in [0.4, 0.5) is 17.1 Å². The highest BCUT2D eigenvalue weighted by molar-refractivity contribution is 6.09. The number of rotatable bonds is 4. The Balaban J connectivity index is 1.10. The van der Waals surface area contributed by atoms with Gasteiger partial charge in [-0.1, -0.05) is 207 Å². The zero-order valence-electron chi connectivity index (χ0n) is 40.3. The summed E-state index contributed by atoms with van der Waals surface area (Å²) in [4.78, 5) is 2.57. The number of benzene rings is 9. The van der Waals surface area contributed by atoms with Gasteiger partial charge in [-0.25, -0.2) is 0 Å². The average Bonchev–Trinajstić information content (AvgIpc) is 4.03. The molecule has 9 aromatic carbocycles. The van der Waals surface area contributed by atoms with E-state index < -0.39 is 5.41 Å². The largest absolute Gasteiger partial charge is 0.455 e. The molecule has 0 atom stereocenters. The Labute approximate surface area is 400 Å². The molecule has 0 radical (unpaired) electrons. The van der Waals surface area contributed by atoms with E-state index in [4.69, 9.17) is 4.42 Å². The molecule has 68 heavy (non-hydrogen) atoms. The highest BCUT2D eigenvalue weighted by atomic mass is 16.3. The van der Waals surface area contributed by atoms with Crippen LogP contribution in [0.1, 0.15) is 99.9 Å². The molecule has 0 aliphatic heterocycles. The summed E-state index contributed by atoms with van der Waals surface area (Å²) < 4.78 is 6.58. The van der Waals surface area contributed by atoms with Crippen molar-refractivity contribution in [1.29, 1.82) is 0 Å². The minimum Gasteiger partial charge on any atom is -0.455 e. The first kappa shape index (κ1) is 40.8. The van der Waals surface area contributed by atoms with Crippen molar-refractivity contribution >= 4 is 39.0 Å². The lowest BCUT2D eigenvalue weighted by Crippen LogP contribution is -2.29. The summed E-state index contributed by atoms with van der Waals surface area (Å²) in [5, 5.41) is 2.28. The van der Waals surface area contributed by atoms with Crippen LogP contribution in [0.5, 0.6) is 0 Å². The molecule has 0 bridgehead atoms. The maximum Gasteiger partial charge on any atom is 0.143 e. The monoisotopic (exact) mass is 877 g/mol. The predicted octanol–water partition coefficient (Wildman–Crippen LogP) is 18.0. The fourth-order valence-corrected chi connectivity index (χ4v) is 12.4.